The molecular formula is C24H21ClN2O2. The van der Waals surface area contributed by atoms with Crippen LogP contribution in [0.1, 0.15) is 28.9 Å². The molecule has 0 spiro atoms. The highest BCUT2D eigenvalue weighted by Crippen LogP contribution is 2.56. The maximum atomic E-state index is 6.10. The predicted molar refractivity (Wildman–Crippen MR) is 115 cm³/mol. The molecule has 0 aliphatic carbocycles. The second-order valence-corrected chi connectivity index (χ2v) is 7.69. The molecule has 1 unspecified atom stereocenters. The summed E-state index contributed by atoms with van der Waals surface area (Å²) in [6.07, 6.45) is -0.0595. The summed E-state index contributed by atoms with van der Waals surface area (Å²) in [6.45, 7) is 0. The number of nitrogens with zero attached hydrogens (tertiary/aromatic N) is 2. The highest BCUT2D eigenvalue weighted by molar-refractivity contribution is 6.30. The van der Waals surface area contributed by atoms with Crippen LogP contribution in [0.25, 0.3) is 0 Å². The van der Waals surface area contributed by atoms with E-state index in [1.807, 2.05) is 24.3 Å². The Morgan fingerprint density at radius 3 is 2.21 bits per heavy atom. The number of ether oxygens (including phenoxy) is 2. The monoisotopic (exact) mass is 404 g/mol. The molecule has 3 aromatic rings. The summed E-state index contributed by atoms with van der Waals surface area (Å²) in [4.78, 5) is 7.54. The molecule has 0 bridgehead atoms. The summed E-state index contributed by atoms with van der Waals surface area (Å²) in [5.41, 5.74) is 4.63. The highest BCUT2D eigenvalue weighted by atomic mass is 35.5. The molecule has 0 radical (unpaired) electrons. The molecule has 5 rings (SSSR count). The Bertz CT molecular complexity index is 1070. The van der Waals surface area contributed by atoms with E-state index in [1.165, 1.54) is 5.56 Å². The van der Waals surface area contributed by atoms with Gasteiger partial charge in [-0.25, -0.2) is 0 Å². The van der Waals surface area contributed by atoms with Gasteiger partial charge in [-0.2, -0.15) is 0 Å². The number of benzene rings is 3. The van der Waals surface area contributed by atoms with E-state index in [1.54, 1.807) is 14.2 Å². The van der Waals surface area contributed by atoms with E-state index in [9.17, 15) is 0 Å². The molecule has 0 saturated carbocycles. The van der Waals surface area contributed by atoms with E-state index >= 15 is 0 Å². The maximum absolute atomic E-state index is 6.10. The third-order valence-electron chi connectivity index (χ3n) is 5.66. The molecule has 0 aromatic heterocycles. The second kappa shape index (κ2) is 7.21. The first-order chi connectivity index (χ1) is 14.2. The van der Waals surface area contributed by atoms with Crippen LogP contribution in [-0.4, -0.2) is 30.9 Å². The quantitative estimate of drug-likeness (QED) is 0.542. The van der Waals surface area contributed by atoms with E-state index in [-0.39, 0.29) is 12.2 Å². The van der Waals surface area contributed by atoms with Crippen LogP contribution in [0.3, 0.4) is 0 Å². The van der Waals surface area contributed by atoms with Gasteiger partial charge in [0.2, 0.25) is 0 Å². The SMILES string of the molecule is COc1ccc([C@H]2N=C(c3ccc(Cl)cc3)[C@@H]3[C@@H](c4ccccc4)N23)cc1OC. The molecule has 0 N–H and O–H groups in total. The average molecular weight is 405 g/mol. The fraction of sp³-hybridized carbons (Fsp3) is 0.208. The van der Waals surface area contributed by atoms with Crippen molar-refractivity contribution in [3.63, 3.8) is 0 Å². The predicted octanol–water partition coefficient (Wildman–Crippen LogP) is 5.28. The lowest BCUT2D eigenvalue weighted by atomic mass is 10.0. The topological polar surface area (TPSA) is 33.8 Å². The molecule has 2 aliphatic rings. The summed E-state index contributed by atoms with van der Waals surface area (Å²) in [5, 5.41) is 0.732. The highest BCUT2D eigenvalue weighted by Gasteiger charge is 2.59. The summed E-state index contributed by atoms with van der Waals surface area (Å²) in [7, 11) is 3.31. The zero-order valence-electron chi connectivity index (χ0n) is 16.2. The number of halogens is 1. The normalized spacial score (nSPS) is 24.6. The van der Waals surface area contributed by atoms with Crippen LogP contribution in [0.4, 0.5) is 0 Å². The Hall–Kier alpha value is -2.82. The molecule has 146 valence electrons. The molecular weight excluding hydrogens is 384 g/mol. The number of rotatable bonds is 5. The van der Waals surface area contributed by atoms with Crippen molar-refractivity contribution in [1.29, 1.82) is 0 Å². The average Bonchev–Trinajstić information content (AvgIpc) is 3.38. The number of hydrogen-bond acceptors (Lipinski definition) is 4. The Balaban J connectivity index is 1.57. The molecule has 4 nitrogen and oxygen atoms in total. The first-order valence-electron chi connectivity index (χ1n) is 9.59. The molecule has 1 saturated heterocycles. The Kier molecular flexibility index (Phi) is 4.53. The van der Waals surface area contributed by atoms with Crippen molar-refractivity contribution in [3.8, 4) is 11.5 Å². The van der Waals surface area contributed by atoms with Gasteiger partial charge in [0, 0.05) is 5.02 Å². The minimum Gasteiger partial charge on any atom is -0.493 e. The van der Waals surface area contributed by atoms with Crippen LogP contribution in [0.2, 0.25) is 5.02 Å². The number of hydrogen-bond donors (Lipinski definition) is 0. The van der Waals surface area contributed by atoms with Crippen molar-refractivity contribution in [3.05, 3.63) is 94.5 Å². The fourth-order valence-corrected chi connectivity index (χ4v) is 4.37. The lowest BCUT2D eigenvalue weighted by Crippen LogP contribution is -2.08. The Labute approximate surface area is 175 Å². The van der Waals surface area contributed by atoms with E-state index in [4.69, 9.17) is 26.1 Å². The summed E-state index contributed by atoms with van der Waals surface area (Å²) < 4.78 is 10.9. The molecule has 0 amide bonds. The largest absolute Gasteiger partial charge is 0.493 e. The lowest BCUT2D eigenvalue weighted by molar-refractivity contribution is 0.351. The van der Waals surface area contributed by atoms with Crippen LogP contribution in [0, 0.1) is 0 Å². The van der Waals surface area contributed by atoms with E-state index < -0.39 is 0 Å². The molecule has 1 fully saturated rings. The number of aliphatic imine (C=N–C) groups is 1. The summed E-state index contributed by atoms with van der Waals surface area (Å²) in [5.74, 6) is 1.44. The zero-order valence-corrected chi connectivity index (χ0v) is 17.0. The van der Waals surface area contributed by atoms with Crippen molar-refractivity contribution >= 4 is 17.3 Å². The van der Waals surface area contributed by atoms with Crippen molar-refractivity contribution in [1.82, 2.24) is 4.90 Å². The minimum atomic E-state index is -0.0595. The lowest BCUT2D eigenvalue weighted by Gasteiger charge is -2.16. The molecule has 4 atom stereocenters. The van der Waals surface area contributed by atoms with Crippen LogP contribution >= 0.6 is 11.6 Å². The zero-order chi connectivity index (χ0) is 20.0. The Morgan fingerprint density at radius 2 is 1.52 bits per heavy atom. The number of methoxy groups -OCH3 is 2. The standard InChI is InChI=1S/C24H21ClN2O2/c1-28-19-13-10-17(14-20(19)29-2)24-26-21(15-8-11-18(25)12-9-15)23-22(27(23)24)16-6-4-3-5-7-16/h3-14,22-24H,1-2H3/t22-,23-,24+,27?/m1/s1. The third-order valence-corrected chi connectivity index (χ3v) is 5.91. The maximum Gasteiger partial charge on any atom is 0.161 e. The van der Waals surface area contributed by atoms with Gasteiger partial charge >= 0.3 is 0 Å². The van der Waals surface area contributed by atoms with E-state index in [2.05, 4.69) is 53.4 Å². The van der Waals surface area contributed by atoms with Crippen LogP contribution in [0.15, 0.2) is 77.8 Å². The molecule has 29 heavy (non-hydrogen) atoms. The van der Waals surface area contributed by atoms with Gasteiger partial charge in [0.15, 0.2) is 11.5 Å². The minimum absolute atomic E-state index is 0.0595. The van der Waals surface area contributed by atoms with Gasteiger partial charge in [-0.15, -0.1) is 0 Å². The van der Waals surface area contributed by atoms with E-state index in [0.29, 0.717) is 6.04 Å². The first-order valence-corrected chi connectivity index (χ1v) is 9.97. The van der Waals surface area contributed by atoms with Gasteiger partial charge in [0.1, 0.15) is 6.17 Å². The molecule has 3 aromatic carbocycles. The van der Waals surface area contributed by atoms with Crippen molar-refractivity contribution < 1.29 is 9.47 Å². The fourth-order valence-electron chi connectivity index (χ4n) is 4.25. The van der Waals surface area contributed by atoms with Crippen molar-refractivity contribution in [2.24, 2.45) is 4.99 Å². The number of fused-ring (bicyclic) bond motifs is 1. The van der Waals surface area contributed by atoms with Gasteiger partial charge < -0.3 is 9.47 Å². The van der Waals surface area contributed by atoms with Gasteiger partial charge in [0.05, 0.1) is 32.0 Å². The third kappa shape index (κ3) is 3.09. The van der Waals surface area contributed by atoms with Gasteiger partial charge in [-0.1, -0.05) is 60.1 Å². The van der Waals surface area contributed by atoms with Crippen molar-refractivity contribution in [2.45, 2.75) is 18.2 Å². The van der Waals surface area contributed by atoms with Crippen LogP contribution in [0.5, 0.6) is 11.5 Å². The van der Waals surface area contributed by atoms with Crippen LogP contribution in [-0.2, 0) is 0 Å². The van der Waals surface area contributed by atoms with Gasteiger partial charge in [-0.05, 0) is 41.0 Å². The molecule has 2 heterocycles. The second-order valence-electron chi connectivity index (χ2n) is 7.26. The summed E-state index contributed by atoms with van der Waals surface area (Å²) in [6, 6.07) is 25.2. The molecule has 2 aliphatic heterocycles. The summed E-state index contributed by atoms with van der Waals surface area (Å²) >= 11 is 6.10. The van der Waals surface area contributed by atoms with Gasteiger partial charge in [-0.3, -0.25) is 9.89 Å². The Morgan fingerprint density at radius 1 is 0.793 bits per heavy atom. The molecule has 5 heteroatoms. The van der Waals surface area contributed by atoms with Crippen LogP contribution < -0.4 is 9.47 Å². The first kappa shape index (κ1) is 18.2. The van der Waals surface area contributed by atoms with Gasteiger partial charge in [0.25, 0.3) is 0 Å². The van der Waals surface area contributed by atoms with E-state index in [0.717, 1.165) is 33.4 Å². The smallest absolute Gasteiger partial charge is 0.161 e. The van der Waals surface area contributed by atoms with Crippen molar-refractivity contribution in [2.75, 3.05) is 14.2 Å².